The van der Waals surface area contributed by atoms with Crippen LogP contribution in [0.25, 0.3) is 15.8 Å². The molecule has 1 amide bonds. The number of hydrogen-bond acceptors (Lipinski definition) is 10. The van der Waals surface area contributed by atoms with E-state index in [9.17, 15) is 14.7 Å². The van der Waals surface area contributed by atoms with Gasteiger partial charge in [0.1, 0.15) is 36.3 Å². The molecule has 0 bridgehead atoms. The van der Waals surface area contributed by atoms with E-state index in [-0.39, 0.29) is 24.8 Å². The maximum absolute atomic E-state index is 11.9. The number of aliphatic carboxylic acids is 1. The molecule has 1 unspecified atom stereocenters. The van der Waals surface area contributed by atoms with Gasteiger partial charge in [-0.3, -0.25) is 14.6 Å². The van der Waals surface area contributed by atoms with E-state index < -0.39 is 12.0 Å². The summed E-state index contributed by atoms with van der Waals surface area (Å²) in [6.07, 6.45) is 4.99. The number of hydrogen-bond donors (Lipinski definition) is 4. The molecule has 0 fully saturated rings. The van der Waals surface area contributed by atoms with Gasteiger partial charge in [-0.2, -0.15) is 0 Å². The van der Waals surface area contributed by atoms with Crippen molar-refractivity contribution < 1.29 is 24.2 Å². The second kappa shape index (κ2) is 14.4. The number of carboxylic acids is 1. The SMILES string of the molecule is COCC(=O)NC/C=C(\SCC(N)C(=O)O)c1ccc2ncnc(Nc3ccc(Oc4ccc(C)nc4)c(C)c3)c2c1. The predicted octanol–water partition coefficient (Wildman–Crippen LogP) is 4.43. The lowest BCUT2D eigenvalue weighted by molar-refractivity contribution is -0.137. The number of pyridine rings is 1. The largest absolute Gasteiger partial charge is 0.480 e. The van der Waals surface area contributed by atoms with Crippen LogP contribution in [0, 0.1) is 13.8 Å². The number of anilines is 2. The Balaban J connectivity index is 1.59. The van der Waals surface area contributed by atoms with E-state index in [0.717, 1.165) is 38.3 Å². The van der Waals surface area contributed by atoms with E-state index in [1.165, 1.54) is 25.2 Å². The molecule has 2 aromatic heterocycles. The number of nitrogens with zero attached hydrogens (tertiary/aromatic N) is 3. The molecule has 4 aromatic rings. The van der Waals surface area contributed by atoms with Gasteiger partial charge in [0.2, 0.25) is 5.91 Å². The van der Waals surface area contributed by atoms with Crippen molar-refractivity contribution in [3.8, 4) is 11.5 Å². The van der Waals surface area contributed by atoms with E-state index in [1.54, 1.807) is 6.20 Å². The molecule has 0 saturated carbocycles. The zero-order chi connectivity index (χ0) is 30.1. The fraction of sp³-hybridized carbons (Fsp3) is 0.233. The number of carboxylic acid groups (broad SMARTS) is 1. The summed E-state index contributed by atoms with van der Waals surface area (Å²) < 4.78 is 10.8. The van der Waals surface area contributed by atoms with Crippen LogP contribution in [-0.4, -0.2) is 64.0 Å². The molecular formula is C30H32N6O5S. The maximum atomic E-state index is 11.9. The minimum Gasteiger partial charge on any atom is -0.480 e. The first-order valence-corrected chi connectivity index (χ1v) is 14.0. The van der Waals surface area contributed by atoms with Gasteiger partial charge in [0.05, 0.1) is 11.7 Å². The van der Waals surface area contributed by atoms with Crippen molar-refractivity contribution >= 4 is 51.0 Å². The summed E-state index contributed by atoms with van der Waals surface area (Å²) >= 11 is 1.29. The highest BCUT2D eigenvalue weighted by Crippen LogP contribution is 2.33. The number of fused-ring (bicyclic) bond motifs is 1. The number of carbonyl (C=O) groups is 2. The second-order valence-corrected chi connectivity index (χ2v) is 10.4. The van der Waals surface area contributed by atoms with Gasteiger partial charge in [0.15, 0.2) is 0 Å². The Kier molecular flexibility index (Phi) is 10.4. The first-order valence-electron chi connectivity index (χ1n) is 13.0. The molecule has 0 aliphatic rings. The van der Waals surface area contributed by atoms with Crippen LogP contribution in [0.4, 0.5) is 11.5 Å². The van der Waals surface area contributed by atoms with E-state index in [2.05, 4.69) is 25.6 Å². The van der Waals surface area contributed by atoms with Crippen LogP contribution in [-0.2, 0) is 14.3 Å². The van der Waals surface area contributed by atoms with Gasteiger partial charge >= 0.3 is 5.97 Å². The Morgan fingerprint density at radius 2 is 1.93 bits per heavy atom. The predicted molar refractivity (Wildman–Crippen MR) is 164 cm³/mol. The highest BCUT2D eigenvalue weighted by Gasteiger charge is 2.15. The van der Waals surface area contributed by atoms with Crippen LogP contribution >= 0.6 is 11.8 Å². The fourth-order valence-corrected chi connectivity index (χ4v) is 4.88. The minimum atomic E-state index is -1.09. The molecule has 2 heterocycles. The molecule has 218 valence electrons. The number of aromatic nitrogens is 3. The van der Waals surface area contributed by atoms with Crippen LogP contribution in [0.2, 0.25) is 0 Å². The van der Waals surface area contributed by atoms with Gasteiger partial charge in [-0.15, -0.1) is 11.8 Å². The van der Waals surface area contributed by atoms with Crippen molar-refractivity contribution in [1.82, 2.24) is 20.3 Å². The number of rotatable bonds is 13. The van der Waals surface area contributed by atoms with Gasteiger partial charge in [0.25, 0.3) is 0 Å². The van der Waals surface area contributed by atoms with Crippen LogP contribution in [0.3, 0.4) is 0 Å². The third-order valence-corrected chi connectivity index (χ3v) is 7.31. The highest BCUT2D eigenvalue weighted by atomic mass is 32.2. The summed E-state index contributed by atoms with van der Waals surface area (Å²) in [6, 6.07) is 14.2. The van der Waals surface area contributed by atoms with Crippen LogP contribution in [0.15, 0.2) is 67.1 Å². The summed E-state index contributed by atoms with van der Waals surface area (Å²) in [4.78, 5) is 37.1. The van der Waals surface area contributed by atoms with Crippen LogP contribution in [0.5, 0.6) is 11.5 Å². The number of thioether (sulfide) groups is 1. The molecule has 42 heavy (non-hydrogen) atoms. The highest BCUT2D eigenvalue weighted by molar-refractivity contribution is 8.08. The Morgan fingerprint density at radius 1 is 1.10 bits per heavy atom. The first-order chi connectivity index (χ1) is 20.2. The van der Waals surface area contributed by atoms with Crippen molar-refractivity contribution in [2.75, 3.05) is 31.3 Å². The van der Waals surface area contributed by atoms with Crippen molar-refractivity contribution in [3.05, 3.63) is 84.0 Å². The van der Waals surface area contributed by atoms with E-state index >= 15 is 0 Å². The Bertz CT molecular complexity index is 1600. The lowest BCUT2D eigenvalue weighted by Gasteiger charge is -2.14. The Morgan fingerprint density at radius 3 is 2.64 bits per heavy atom. The number of benzene rings is 2. The third-order valence-electron chi connectivity index (χ3n) is 6.07. The summed E-state index contributed by atoms with van der Waals surface area (Å²) in [6.45, 7) is 4.05. The molecule has 0 spiro atoms. The standard InChI is InChI=1S/C30H32N6O5S/c1-18-12-21(6-9-26(18)41-22-7-4-19(2)33-14-22)36-29-23-13-20(5-8-25(23)34-17-35-29)27(42-16-24(31)30(38)39)10-11-32-28(37)15-40-3/h4-10,12-14,17,24H,11,15-16,31H2,1-3H3,(H,32,37)(H,38,39)(H,34,35,36)/b27-10-. The summed E-state index contributed by atoms with van der Waals surface area (Å²) in [7, 11) is 1.44. The van der Waals surface area contributed by atoms with Crippen LogP contribution < -0.4 is 21.1 Å². The average Bonchev–Trinajstić information content (AvgIpc) is 2.97. The number of amides is 1. The molecule has 5 N–H and O–H groups in total. The molecule has 1 atom stereocenters. The summed E-state index contributed by atoms with van der Waals surface area (Å²) in [5.74, 6) is 0.760. The quantitative estimate of drug-likeness (QED) is 0.175. The third kappa shape index (κ3) is 8.26. The van der Waals surface area contributed by atoms with E-state index in [1.807, 2.05) is 68.5 Å². The fourth-order valence-electron chi connectivity index (χ4n) is 3.88. The Labute approximate surface area is 247 Å². The second-order valence-electron chi connectivity index (χ2n) is 9.36. The van der Waals surface area contributed by atoms with Gasteiger partial charge in [-0.1, -0.05) is 12.1 Å². The zero-order valence-electron chi connectivity index (χ0n) is 23.5. The molecule has 0 aliphatic heterocycles. The molecule has 2 aromatic carbocycles. The lowest BCUT2D eigenvalue weighted by Crippen LogP contribution is -2.32. The number of ether oxygens (including phenoxy) is 2. The molecule has 0 radical (unpaired) electrons. The van der Waals surface area contributed by atoms with Crippen molar-refractivity contribution in [3.63, 3.8) is 0 Å². The molecule has 11 nitrogen and oxygen atoms in total. The van der Waals surface area contributed by atoms with Gasteiger partial charge in [-0.25, -0.2) is 9.97 Å². The number of carbonyl (C=O) groups excluding carboxylic acids is 1. The molecule has 12 heteroatoms. The average molecular weight is 589 g/mol. The van der Waals surface area contributed by atoms with Crippen molar-refractivity contribution in [1.29, 1.82) is 0 Å². The topological polar surface area (TPSA) is 162 Å². The first kappa shape index (κ1) is 30.4. The van der Waals surface area contributed by atoms with Crippen LogP contribution in [0.1, 0.15) is 16.8 Å². The van der Waals surface area contributed by atoms with Gasteiger partial charge in [0, 0.05) is 41.1 Å². The van der Waals surface area contributed by atoms with E-state index in [4.69, 9.17) is 15.2 Å². The zero-order valence-corrected chi connectivity index (χ0v) is 24.3. The lowest BCUT2D eigenvalue weighted by atomic mass is 10.1. The Hall–Kier alpha value is -4.52. The van der Waals surface area contributed by atoms with Gasteiger partial charge in [-0.05, 0) is 67.4 Å². The number of aryl methyl sites for hydroxylation is 2. The molecular weight excluding hydrogens is 556 g/mol. The van der Waals surface area contributed by atoms with Gasteiger partial charge < -0.3 is 30.9 Å². The van der Waals surface area contributed by atoms with Crippen molar-refractivity contribution in [2.24, 2.45) is 5.73 Å². The molecule has 0 saturated heterocycles. The number of methoxy groups -OCH3 is 1. The summed E-state index contributed by atoms with van der Waals surface area (Å²) in [5, 5.41) is 16.1. The minimum absolute atomic E-state index is 0.0573. The normalized spacial score (nSPS) is 12.1. The van der Waals surface area contributed by atoms with E-state index in [0.29, 0.717) is 17.3 Å². The monoisotopic (exact) mass is 588 g/mol. The summed E-state index contributed by atoms with van der Waals surface area (Å²) in [5.41, 5.74) is 9.93. The molecule has 4 rings (SSSR count). The molecule has 0 aliphatic carbocycles. The maximum Gasteiger partial charge on any atom is 0.321 e. The number of nitrogens with one attached hydrogen (secondary N) is 2. The smallest absolute Gasteiger partial charge is 0.321 e. The van der Waals surface area contributed by atoms with Crippen molar-refractivity contribution in [2.45, 2.75) is 19.9 Å². The number of nitrogens with two attached hydrogens (primary N) is 1.